The first-order chi connectivity index (χ1) is 5.93. The first-order valence-corrected chi connectivity index (χ1v) is 4.42. The predicted octanol–water partition coefficient (Wildman–Crippen LogP) is 2.25. The molecule has 0 aromatic carbocycles. The van der Waals surface area contributed by atoms with E-state index in [-0.39, 0.29) is 0 Å². The molecular weight excluding hydrogens is 150 g/mol. The molecule has 0 N–H and O–H groups in total. The van der Waals surface area contributed by atoms with E-state index in [0.29, 0.717) is 0 Å². The van der Waals surface area contributed by atoms with Gasteiger partial charge in [-0.25, -0.2) is 0 Å². The van der Waals surface area contributed by atoms with Gasteiger partial charge in [-0.15, -0.1) is 0 Å². The lowest BCUT2D eigenvalue weighted by atomic mass is 10.1. The number of furan rings is 1. The zero-order chi connectivity index (χ0) is 8.65. The smallest absolute Gasteiger partial charge is 0.103 e. The Hall–Kier alpha value is -1.05. The lowest BCUT2D eigenvalue weighted by Crippen LogP contribution is -1.83. The van der Waals surface area contributed by atoms with E-state index in [1.165, 1.54) is 6.21 Å². The molecule has 0 spiro atoms. The maximum absolute atomic E-state index is 8.41. The van der Waals surface area contributed by atoms with Crippen molar-refractivity contribution < 1.29 is 4.42 Å². The van der Waals surface area contributed by atoms with Crippen molar-refractivity contribution in [3.8, 4) is 0 Å². The summed E-state index contributed by atoms with van der Waals surface area (Å²) in [5.41, 5.74) is 0. The van der Waals surface area contributed by atoms with Crippen molar-refractivity contribution in [3.05, 3.63) is 24.2 Å². The molecule has 0 fully saturated rings. The summed E-state index contributed by atoms with van der Waals surface area (Å²) in [6, 6.07) is 3.91. The van der Waals surface area contributed by atoms with Gasteiger partial charge >= 0.3 is 0 Å². The molecule has 1 aromatic heterocycles. The fraction of sp³-hybridized carbons (Fsp3) is 0.500. The zero-order valence-electron chi connectivity index (χ0n) is 7.20. The molecule has 65 valence electrons. The third-order valence-electron chi connectivity index (χ3n) is 1.84. The largest absolute Gasteiger partial charge is 0.469 e. The van der Waals surface area contributed by atoms with Gasteiger partial charge in [-0.2, -0.15) is 5.41 Å². The fourth-order valence-corrected chi connectivity index (χ4v) is 1.17. The fourth-order valence-electron chi connectivity index (χ4n) is 1.17. The molecule has 0 aliphatic rings. The summed E-state index contributed by atoms with van der Waals surface area (Å²) in [6.07, 6.45) is 8.11. The normalized spacial score (nSPS) is 10.0. The highest BCUT2D eigenvalue weighted by Crippen LogP contribution is 2.07. The molecule has 1 aromatic rings. The number of aryl methyl sites for hydroxylation is 1. The first kappa shape index (κ1) is 9.04. The molecule has 0 unspecified atom stereocenters. The van der Waals surface area contributed by atoms with Gasteiger partial charge < -0.3 is 4.42 Å². The molecule has 2 nitrogen and oxygen atoms in total. The molecular formula is C10H14NO. The Morgan fingerprint density at radius 3 is 2.92 bits per heavy atom. The third-order valence-corrected chi connectivity index (χ3v) is 1.84. The maximum Gasteiger partial charge on any atom is 0.103 e. The van der Waals surface area contributed by atoms with Gasteiger partial charge in [0.2, 0.25) is 0 Å². The molecule has 0 aliphatic carbocycles. The molecule has 1 heterocycles. The second kappa shape index (κ2) is 5.58. The highest BCUT2D eigenvalue weighted by Gasteiger charge is 1.94. The van der Waals surface area contributed by atoms with Crippen LogP contribution in [0.5, 0.6) is 0 Å². The van der Waals surface area contributed by atoms with Crippen molar-refractivity contribution in [2.45, 2.75) is 32.1 Å². The van der Waals surface area contributed by atoms with Crippen LogP contribution in [0.3, 0.4) is 0 Å². The van der Waals surface area contributed by atoms with Crippen LogP contribution < -0.4 is 5.41 Å². The van der Waals surface area contributed by atoms with Gasteiger partial charge in [-0.3, -0.25) is 0 Å². The van der Waals surface area contributed by atoms with Crippen LogP contribution in [0.15, 0.2) is 22.8 Å². The molecule has 12 heavy (non-hydrogen) atoms. The van der Waals surface area contributed by atoms with Crippen LogP contribution in [0.4, 0.5) is 0 Å². The van der Waals surface area contributed by atoms with E-state index in [9.17, 15) is 0 Å². The van der Waals surface area contributed by atoms with E-state index in [1.807, 2.05) is 12.1 Å². The van der Waals surface area contributed by atoms with Crippen LogP contribution in [0.2, 0.25) is 0 Å². The molecule has 0 amide bonds. The number of hydrogen-bond donors (Lipinski definition) is 0. The number of hydrogen-bond acceptors (Lipinski definition) is 1. The Morgan fingerprint density at radius 1 is 1.33 bits per heavy atom. The van der Waals surface area contributed by atoms with Crippen LogP contribution in [-0.4, -0.2) is 6.21 Å². The summed E-state index contributed by atoms with van der Waals surface area (Å²) in [5, 5.41) is 8.41. The van der Waals surface area contributed by atoms with Gasteiger partial charge in [0.25, 0.3) is 0 Å². The molecule has 1 rings (SSSR count). The summed E-state index contributed by atoms with van der Waals surface area (Å²) in [6.45, 7) is 0. The summed E-state index contributed by atoms with van der Waals surface area (Å²) in [5.74, 6) is 1.06. The van der Waals surface area contributed by atoms with E-state index >= 15 is 0 Å². The van der Waals surface area contributed by atoms with Crippen LogP contribution in [0.25, 0.3) is 0 Å². The van der Waals surface area contributed by atoms with Crippen molar-refractivity contribution >= 4 is 6.21 Å². The Kier molecular flexibility index (Phi) is 4.21. The molecule has 0 saturated heterocycles. The topological polar surface area (TPSA) is 35.4 Å². The molecule has 0 bridgehead atoms. The minimum Gasteiger partial charge on any atom is -0.469 e. The van der Waals surface area contributed by atoms with Crippen molar-refractivity contribution in [2.24, 2.45) is 0 Å². The number of nitrogens with zero attached hydrogens (tertiary/aromatic N) is 1. The average molecular weight is 164 g/mol. The number of unbranched alkanes of at least 4 members (excludes halogenated alkanes) is 3. The maximum atomic E-state index is 8.41. The summed E-state index contributed by atoms with van der Waals surface area (Å²) in [4.78, 5) is 0. The lowest BCUT2D eigenvalue weighted by Gasteiger charge is -1.95. The SMILES string of the molecule is [N]=CCCCCCc1ccco1. The summed E-state index contributed by atoms with van der Waals surface area (Å²) < 4.78 is 5.18. The van der Waals surface area contributed by atoms with Crippen LogP contribution >= 0.6 is 0 Å². The Bertz CT molecular complexity index is 204. The van der Waals surface area contributed by atoms with E-state index < -0.39 is 0 Å². The van der Waals surface area contributed by atoms with Crippen LogP contribution in [-0.2, 0) is 6.42 Å². The summed E-state index contributed by atoms with van der Waals surface area (Å²) >= 11 is 0. The van der Waals surface area contributed by atoms with E-state index in [2.05, 4.69) is 0 Å². The van der Waals surface area contributed by atoms with Crippen molar-refractivity contribution in [1.29, 1.82) is 0 Å². The van der Waals surface area contributed by atoms with Crippen LogP contribution in [0, 0.1) is 0 Å². The highest BCUT2D eigenvalue weighted by atomic mass is 16.3. The standard InChI is InChI=1S/C10H14NO/c11-8-4-2-1-3-6-10-7-5-9-12-10/h5,7-9H,1-4,6H2. The third kappa shape index (κ3) is 3.37. The molecule has 0 aliphatic heterocycles. The highest BCUT2D eigenvalue weighted by molar-refractivity contribution is 5.53. The second-order valence-corrected chi connectivity index (χ2v) is 2.86. The average Bonchev–Trinajstić information content (AvgIpc) is 2.57. The Balaban J connectivity index is 2.00. The zero-order valence-corrected chi connectivity index (χ0v) is 7.20. The van der Waals surface area contributed by atoms with Gasteiger partial charge in [-0.1, -0.05) is 6.42 Å². The molecule has 0 atom stereocenters. The minimum absolute atomic E-state index is 0.804. The van der Waals surface area contributed by atoms with E-state index in [4.69, 9.17) is 9.83 Å². The van der Waals surface area contributed by atoms with Crippen molar-refractivity contribution in [3.63, 3.8) is 0 Å². The second-order valence-electron chi connectivity index (χ2n) is 2.86. The van der Waals surface area contributed by atoms with E-state index in [1.54, 1.807) is 6.26 Å². The number of rotatable bonds is 6. The summed E-state index contributed by atoms with van der Waals surface area (Å²) in [7, 11) is 0. The van der Waals surface area contributed by atoms with Crippen molar-refractivity contribution in [2.75, 3.05) is 0 Å². The Morgan fingerprint density at radius 2 is 2.25 bits per heavy atom. The monoisotopic (exact) mass is 164 g/mol. The van der Waals surface area contributed by atoms with Gasteiger partial charge in [0.05, 0.1) is 6.26 Å². The van der Waals surface area contributed by atoms with Gasteiger partial charge in [0.15, 0.2) is 0 Å². The molecule has 0 saturated carbocycles. The molecule has 2 heteroatoms. The van der Waals surface area contributed by atoms with Gasteiger partial charge in [-0.05, 0) is 31.4 Å². The van der Waals surface area contributed by atoms with E-state index in [0.717, 1.165) is 37.9 Å². The predicted molar refractivity (Wildman–Crippen MR) is 49.1 cm³/mol. The van der Waals surface area contributed by atoms with Gasteiger partial charge in [0.1, 0.15) is 5.76 Å². The minimum atomic E-state index is 0.804. The van der Waals surface area contributed by atoms with Gasteiger partial charge in [0, 0.05) is 12.6 Å². The quantitative estimate of drug-likeness (QED) is 0.469. The lowest BCUT2D eigenvalue weighted by molar-refractivity contribution is 0.496. The Labute approximate surface area is 73.1 Å². The van der Waals surface area contributed by atoms with Crippen LogP contribution in [0.1, 0.15) is 31.4 Å². The molecule has 1 radical (unpaired) electrons. The van der Waals surface area contributed by atoms with Crippen molar-refractivity contribution in [1.82, 2.24) is 5.41 Å². The first-order valence-electron chi connectivity index (χ1n) is 4.42.